The van der Waals surface area contributed by atoms with Gasteiger partial charge >= 0.3 is 6.01 Å². The molecule has 178 valence electrons. The first kappa shape index (κ1) is 22.3. The second-order valence-corrected chi connectivity index (χ2v) is 9.09. The van der Waals surface area contributed by atoms with Crippen LogP contribution in [-0.2, 0) is 0 Å². The van der Waals surface area contributed by atoms with E-state index in [0.29, 0.717) is 40.9 Å². The molecule has 4 heterocycles. The van der Waals surface area contributed by atoms with Crippen LogP contribution in [0.3, 0.4) is 0 Å². The Morgan fingerprint density at radius 3 is 2.65 bits per heavy atom. The number of nitrogens with two attached hydrogens (primary N) is 1. The fraction of sp³-hybridized carbons (Fsp3) is 0.375. The van der Waals surface area contributed by atoms with Crippen molar-refractivity contribution in [3.63, 3.8) is 0 Å². The summed E-state index contributed by atoms with van der Waals surface area (Å²) in [5.41, 5.74) is 9.61. The van der Waals surface area contributed by atoms with Crippen molar-refractivity contribution in [2.75, 3.05) is 44.0 Å². The molecule has 10 heteroatoms. The van der Waals surface area contributed by atoms with Gasteiger partial charge in [-0.25, -0.2) is 23.7 Å². The molecule has 4 N–H and O–H groups in total. The molecule has 0 saturated carbocycles. The fourth-order valence-corrected chi connectivity index (χ4v) is 4.91. The van der Waals surface area contributed by atoms with Crippen molar-refractivity contribution in [2.45, 2.75) is 19.8 Å². The normalized spacial score (nSPS) is 18.6. The largest absolute Gasteiger partial charge is 0.467 e. The van der Waals surface area contributed by atoms with Crippen molar-refractivity contribution in [3.05, 3.63) is 36.3 Å². The number of hydrogen-bond acceptors (Lipinski definition) is 7. The molecule has 1 atom stereocenters. The molecule has 0 amide bonds. The maximum Gasteiger partial charge on any atom is 0.316 e. The van der Waals surface area contributed by atoms with E-state index in [-0.39, 0.29) is 16.8 Å². The molecular weight excluding hydrogens is 440 g/mol. The van der Waals surface area contributed by atoms with Crippen LogP contribution in [0.25, 0.3) is 33.1 Å². The lowest BCUT2D eigenvalue weighted by atomic mass is 9.81. The second-order valence-electron chi connectivity index (χ2n) is 9.09. The van der Waals surface area contributed by atoms with Crippen LogP contribution in [0.15, 0.2) is 24.7 Å². The SMILES string of the molecule is CNc1cc(F)c(F)c2c1[nH]c1ncc(-c3cnc(OC)nc3)c(N3CCCC(C)(CN)C3)c12. The third-order valence-electron chi connectivity index (χ3n) is 6.75. The summed E-state index contributed by atoms with van der Waals surface area (Å²) >= 11 is 0. The van der Waals surface area contributed by atoms with Crippen LogP contribution >= 0.6 is 0 Å². The number of anilines is 2. The summed E-state index contributed by atoms with van der Waals surface area (Å²) in [6.07, 6.45) is 6.94. The number of aromatic nitrogens is 4. The van der Waals surface area contributed by atoms with Gasteiger partial charge in [-0.3, -0.25) is 0 Å². The van der Waals surface area contributed by atoms with Crippen LogP contribution in [0, 0.1) is 17.0 Å². The molecule has 0 bridgehead atoms. The number of nitrogens with one attached hydrogen (secondary N) is 2. The van der Waals surface area contributed by atoms with Gasteiger partial charge in [0.1, 0.15) is 5.65 Å². The highest BCUT2D eigenvalue weighted by Crippen LogP contribution is 2.45. The van der Waals surface area contributed by atoms with Gasteiger partial charge in [0.2, 0.25) is 0 Å². The van der Waals surface area contributed by atoms with E-state index >= 15 is 4.39 Å². The molecule has 3 aromatic heterocycles. The highest BCUT2D eigenvalue weighted by molar-refractivity contribution is 6.18. The van der Waals surface area contributed by atoms with E-state index < -0.39 is 11.6 Å². The van der Waals surface area contributed by atoms with Gasteiger partial charge in [0.15, 0.2) is 11.6 Å². The Morgan fingerprint density at radius 2 is 1.97 bits per heavy atom. The smallest absolute Gasteiger partial charge is 0.316 e. The maximum absolute atomic E-state index is 15.3. The Bertz CT molecular complexity index is 1370. The summed E-state index contributed by atoms with van der Waals surface area (Å²) in [6.45, 7) is 4.11. The van der Waals surface area contributed by atoms with Crippen molar-refractivity contribution in [2.24, 2.45) is 11.1 Å². The number of hydrogen-bond donors (Lipinski definition) is 3. The zero-order valence-corrected chi connectivity index (χ0v) is 19.4. The summed E-state index contributed by atoms with van der Waals surface area (Å²) in [7, 11) is 3.17. The van der Waals surface area contributed by atoms with Crippen LogP contribution in [0.5, 0.6) is 6.01 Å². The van der Waals surface area contributed by atoms with E-state index in [1.807, 2.05) is 0 Å². The minimum Gasteiger partial charge on any atom is -0.467 e. The lowest BCUT2D eigenvalue weighted by molar-refractivity contribution is 0.272. The monoisotopic (exact) mass is 467 g/mol. The van der Waals surface area contributed by atoms with Crippen molar-refractivity contribution in [1.82, 2.24) is 19.9 Å². The predicted octanol–water partition coefficient (Wildman–Crippen LogP) is 4.07. The first-order valence-electron chi connectivity index (χ1n) is 11.2. The Morgan fingerprint density at radius 1 is 1.21 bits per heavy atom. The van der Waals surface area contributed by atoms with Crippen molar-refractivity contribution >= 4 is 33.3 Å². The van der Waals surface area contributed by atoms with Gasteiger partial charge in [0, 0.05) is 55.9 Å². The number of methoxy groups -OCH3 is 1. The zero-order chi connectivity index (χ0) is 24.0. The summed E-state index contributed by atoms with van der Waals surface area (Å²) in [4.78, 5) is 18.5. The summed E-state index contributed by atoms with van der Waals surface area (Å²) in [5, 5.41) is 3.64. The molecule has 0 radical (unpaired) electrons. The molecule has 1 saturated heterocycles. The van der Waals surface area contributed by atoms with Gasteiger partial charge in [-0.1, -0.05) is 6.92 Å². The average Bonchev–Trinajstić information content (AvgIpc) is 3.25. The number of piperidine rings is 1. The maximum atomic E-state index is 15.3. The summed E-state index contributed by atoms with van der Waals surface area (Å²) in [6, 6.07) is 1.39. The first-order chi connectivity index (χ1) is 16.4. The second kappa shape index (κ2) is 8.35. The topological polar surface area (TPSA) is 105 Å². The molecule has 0 spiro atoms. The zero-order valence-electron chi connectivity index (χ0n) is 19.4. The van der Waals surface area contributed by atoms with Crippen LogP contribution in [-0.4, -0.2) is 53.7 Å². The van der Waals surface area contributed by atoms with E-state index in [4.69, 9.17) is 10.5 Å². The van der Waals surface area contributed by atoms with Gasteiger partial charge in [0.25, 0.3) is 0 Å². The third-order valence-corrected chi connectivity index (χ3v) is 6.75. The van der Waals surface area contributed by atoms with Crippen LogP contribution in [0.2, 0.25) is 0 Å². The molecule has 1 fully saturated rings. The molecule has 8 nitrogen and oxygen atoms in total. The Labute approximate surface area is 195 Å². The van der Waals surface area contributed by atoms with E-state index in [9.17, 15) is 4.39 Å². The van der Waals surface area contributed by atoms with E-state index in [1.165, 1.54) is 7.11 Å². The lowest BCUT2D eigenvalue weighted by Gasteiger charge is -2.42. The Kier molecular flexibility index (Phi) is 5.47. The number of H-pyrrole nitrogens is 1. The number of pyridine rings is 1. The van der Waals surface area contributed by atoms with Gasteiger partial charge in [0.05, 0.1) is 34.8 Å². The minimum absolute atomic E-state index is 0.104. The van der Waals surface area contributed by atoms with E-state index in [2.05, 4.69) is 37.1 Å². The molecule has 1 aliphatic rings. The molecule has 34 heavy (non-hydrogen) atoms. The van der Waals surface area contributed by atoms with Crippen LogP contribution < -0.4 is 20.7 Å². The molecule has 5 rings (SSSR count). The van der Waals surface area contributed by atoms with E-state index in [1.54, 1.807) is 25.6 Å². The van der Waals surface area contributed by atoms with Gasteiger partial charge < -0.3 is 25.7 Å². The van der Waals surface area contributed by atoms with Gasteiger partial charge in [-0.2, -0.15) is 0 Å². The minimum atomic E-state index is -0.924. The lowest BCUT2D eigenvalue weighted by Crippen LogP contribution is -2.45. The number of aromatic amines is 1. The number of nitrogens with zero attached hydrogens (tertiary/aromatic N) is 4. The molecule has 1 aliphatic heterocycles. The number of halogens is 2. The molecule has 4 aromatic rings. The number of rotatable bonds is 5. The molecule has 1 aromatic carbocycles. The third kappa shape index (κ3) is 3.49. The number of benzene rings is 1. The molecular formula is C24H27F2N7O. The Balaban J connectivity index is 1.85. The van der Waals surface area contributed by atoms with E-state index in [0.717, 1.165) is 36.7 Å². The molecule has 0 aliphatic carbocycles. The van der Waals surface area contributed by atoms with Crippen molar-refractivity contribution < 1.29 is 13.5 Å². The van der Waals surface area contributed by atoms with Gasteiger partial charge in [-0.15, -0.1) is 0 Å². The number of fused-ring (bicyclic) bond motifs is 3. The average molecular weight is 468 g/mol. The highest BCUT2D eigenvalue weighted by atomic mass is 19.2. The standard InChI is InChI=1S/C24H27F2N7O/c1-24(11-27)5-4-6-33(12-24)21-14(13-8-30-23(34-3)31-9-13)10-29-22-18(21)17-19(26)15(25)7-16(28-2)20(17)32-22/h7-10,28H,4-6,11-12,27H2,1-3H3,(H,29,32). The molecule has 1 unspecified atom stereocenters. The summed E-state index contributed by atoms with van der Waals surface area (Å²) in [5.74, 6) is -1.84. The van der Waals surface area contributed by atoms with Gasteiger partial charge in [-0.05, 0) is 24.8 Å². The van der Waals surface area contributed by atoms with Crippen molar-refractivity contribution in [1.29, 1.82) is 0 Å². The first-order valence-corrected chi connectivity index (χ1v) is 11.2. The predicted molar refractivity (Wildman–Crippen MR) is 129 cm³/mol. The van der Waals surface area contributed by atoms with Crippen molar-refractivity contribution in [3.8, 4) is 17.1 Å². The summed E-state index contributed by atoms with van der Waals surface area (Å²) < 4.78 is 35.1. The van der Waals surface area contributed by atoms with Crippen LogP contribution in [0.1, 0.15) is 19.8 Å². The Hall–Kier alpha value is -3.53. The fourth-order valence-electron chi connectivity index (χ4n) is 4.91. The highest BCUT2D eigenvalue weighted by Gasteiger charge is 2.33. The number of ether oxygens (including phenoxy) is 1. The van der Waals surface area contributed by atoms with Crippen LogP contribution in [0.4, 0.5) is 20.2 Å². The quantitative estimate of drug-likeness (QED) is 0.406.